The largest absolute Gasteiger partial charge is 0.495 e. The molecule has 0 amide bonds. The predicted octanol–water partition coefficient (Wildman–Crippen LogP) is 2.17. The third-order valence-electron chi connectivity index (χ3n) is 1.89. The van der Waals surface area contributed by atoms with Gasteiger partial charge >= 0.3 is 0 Å². The highest BCUT2D eigenvalue weighted by molar-refractivity contribution is 7.80. The molecule has 1 rings (SSSR count). The molecule has 0 bridgehead atoms. The van der Waals surface area contributed by atoms with Crippen molar-refractivity contribution in [2.24, 2.45) is 5.10 Å². The maximum absolute atomic E-state index is 5.98. The van der Waals surface area contributed by atoms with Crippen molar-refractivity contribution in [3.8, 4) is 5.75 Å². The molecule has 0 atom stereocenters. The van der Waals surface area contributed by atoms with Gasteiger partial charge in [0, 0.05) is 6.54 Å². The van der Waals surface area contributed by atoms with Gasteiger partial charge in [-0.05, 0) is 42.9 Å². The minimum atomic E-state index is 0.489. The Morgan fingerprint density at radius 2 is 2.35 bits per heavy atom. The highest BCUT2D eigenvalue weighted by atomic mass is 35.5. The number of methoxy groups -OCH3 is 1. The Morgan fingerprint density at radius 1 is 1.59 bits per heavy atom. The summed E-state index contributed by atoms with van der Waals surface area (Å²) in [4.78, 5) is 0. The summed E-state index contributed by atoms with van der Waals surface area (Å²) in [6.07, 6.45) is 1.63. The molecule has 0 radical (unpaired) electrons. The van der Waals surface area contributed by atoms with E-state index in [4.69, 9.17) is 28.6 Å². The predicted molar refractivity (Wildman–Crippen MR) is 75.0 cm³/mol. The van der Waals surface area contributed by atoms with Crippen LogP contribution in [0.15, 0.2) is 23.3 Å². The number of hydrogen-bond donors (Lipinski definition) is 2. The van der Waals surface area contributed by atoms with Crippen molar-refractivity contribution < 1.29 is 4.74 Å². The van der Waals surface area contributed by atoms with E-state index in [1.165, 1.54) is 0 Å². The second-order valence-electron chi connectivity index (χ2n) is 3.12. The molecule has 0 aromatic heterocycles. The van der Waals surface area contributed by atoms with E-state index in [-0.39, 0.29) is 0 Å². The Hall–Kier alpha value is -1.33. The molecule has 0 fully saturated rings. The highest BCUT2D eigenvalue weighted by Crippen LogP contribution is 2.24. The van der Waals surface area contributed by atoms with Crippen LogP contribution in [0.4, 0.5) is 0 Å². The van der Waals surface area contributed by atoms with Gasteiger partial charge < -0.3 is 10.1 Å². The van der Waals surface area contributed by atoms with Crippen LogP contribution in [0.5, 0.6) is 5.75 Å². The molecular formula is C11H14ClN3OS. The molecule has 0 aliphatic rings. The molecule has 17 heavy (non-hydrogen) atoms. The number of thiocarbonyl (C=S) groups is 1. The maximum atomic E-state index is 5.98. The van der Waals surface area contributed by atoms with E-state index in [0.29, 0.717) is 15.9 Å². The molecule has 0 spiro atoms. The lowest BCUT2D eigenvalue weighted by molar-refractivity contribution is 0.415. The summed E-state index contributed by atoms with van der Waals surface area (Å²) < 4.78 is 5.05. The molecule has 0 heterocycles. The lowest BCUT2D eigenvalue weighted by Crippen LogP contribution is -2.31. The summed E-state index contributed by atoms with van der Waals surface area (Å²) in [7, 11) is 1.57. The van der Waals surface area contributed by atoms with Crippen LogP contribution < -0.4 is 15.5 Å². The van der Waals surface area contributed by atoms with E-state index in [9.17, 15) is 0 Å². The topological polar surface area (TPSA) is 45.7 Å². The van der Waals surface area contributed by atoms with E-state index in [2.05, 4.69) is 15.8 Å². The third kappa shape index (κ3) is 4.58. The van der Waals surface area contributed by atoms with Gasteiger partial charge in [-0.2, -0.15) is 5.10 Å². The summed E-state index contributed by atoms with van der Waals surface area (Å²) in [6, 6.07) is 5.40. The smallest absolute Gasteiger partial charge is 0.186 e. The van der Waals surface area contributed by atoms with Crippen LogP contribution in [0.25, 0.3) is 0 Å². The molecule has 0 saturated heterocycles. The Kier molecular flexibility index (Phi) is 5.72. The van der Waals surface area contributed by atoms with Crippen molar-refractivity contribution in [3.63, 3.8) is 0 Å². The normalized spacial score (nSPS) is 10.3. The Labute approximate surface area is 111 Å². The average molecular weight is 272 g/mol. The molecule has 1 aromatic carbocycles. The van der Waals surface area contributed by atoms with Crippen molar-refractivity contribution >= 4 is 35.1 Å². The van der Waals surface area contributed by atoms with Crippen molar-refractivity contribution in [1.29, 1.82) is 0 Å². The summed E-state index contributed by atoms with van der Waals surface area (Å²) >= 11 is 10.9. The lowest BCUT2D eigenvalue weighted by atomic mass is 10.2. The van der Waals surface area contributed by atoms with Crippen molar-refractivity contribution in [1.82, 2.24) is 10.7 Å². The molecule has 0 aliphatic carbocycles. The van der Waals surface area contributed by atoms with Gasteiger partial charge in [0.25, 0.3) is 0 Å². The van der Waals surface area contributed by atoms with Crippen molar-refractivity contribution in [3.05, 3.63) is 28.8 Å². The number of nitrogens with one attached hydrogen (secondary N) is 2. The number of ether oxygens (including phenoxy) is 1. The van der Waals surface area contributed by atoms with Crippen molar-refractivity contribution in [2.75, 3.05) is 13.7 Å². The van der Waals surface area contributed by atoms with Crippen LogP contribution in [-0.4, -0.2) is 25.0 Å². The lowest BCUT2D eigenvalue weighted by Gasteiger charge is -2.04. The van der Waals surface area contributed by atoms with E-state index >= 15 is 0 Å². The molecule has 92 valence electrons. The molecular weight excluding hydrogens is 258 g/mol. The molecule has 0 unspecified atom stereocenters. The fourth-order valence-corrected chi connectivity index (χ4v) is 1.59. The first-order chi connectivity index (χ1) is 8.17. The van der Waals surface area contributed by atoms with Gasteiger partial charge in [-0.1, -0.05) is 11.6 Å². The standard InChI is InChI=1S/C11H14ClN3OS/c1-3-13-11(17)15-14-7-8-4-5-10(16-2)9(12)6-8/h4-7H,3H2,1-2H3,(H2,13,15,17)/b14-7-. The van der Waals surface area contributed by atoms with Crippen LogP contribution >= 0.6 is 23.8 Å². The molecule has 4 nitrogen and oxygen atoms in total. The number of hydrazone groups is 1. The van der Waals surface area contributed by atoms with Gasteiger partial charge in [0.05, 0.1) is 18.3 Å². The fourth-order valence-electron chi connectivity index (χ4n) is 1.13. The quantitative estimate of drug-likeness (QED) is 0.501. The average Bonchev–Trinajstić information content (AvgIpc) is 2.29. The minimum Gasteiger partial charge on any atom is -0.495 e. The van der Waals surface area contributed by atoms with Crippen LogP contribution in [-0.2, 0) is 0 Å². The minimum absolute atomic E-state index is 0.489. The van der Waals surface area contributed by atoms with Crippen LogP contribution in [0.3, 0.4) is 0 Å². The molecule has 2 N–H and O–H groups in total. The zero-order chi connectivity index (χ0) is 12.7. The van der Waals surface area contributed by atoms with Crippen molar-refractivity contribution in [2.45, 2.75) is 6.92 Å². The number of halogens is 1. The van der Waals surface area contributed by atoms with E-state index < -0.39 is 0 Å². The third-order valence-corrected chi connectivity index (χ3v) is 2.42. The molecule has 0 saturated carbocycles. The van der Waals surface area contributed by atoms with Crippen LogP contribution in [0.1, 0.15) is 12.5 Å². The molecule has 1 aromatic rings. The van der Waals surface area contributed by atoms with Gasteiger partial charge in [0.15, 0.2) is 5.11 Å². The first-order valence-electron chi connectivity index (χ1n) is 5.07. The Bertz CT molecular complexity index is 423. The summed E-state index contributed by atoms with van der Waals surface area (Å²) in [6.45, 7) is 2.72. The number of benzene rings is 1. The van der Waals surface area contributed by atoms with Crippen LogP contribution in [0, 0.1) is 0 Å². The SMILES string of the molecule is CCNC(=S)N/N=C\c1ccc(OC)c(Cl)c1. The first kappa shape index (κ1) is 13.7. The molecule has 6 heteroatoms. The Balaban J connectivity index is 2.60. The summed E-state index contributed by atoms with van der Waals surface area (Å²) in [5.74, 6) is 0.639. The Morgan fingerprint density at radius 3 is 2.94 bits per heavy atom. The second kappa shape index (κ2) is 7.09. The van der Waals surface area contributed by atoms with Gasteiger partial charge in [-0.15, -0.1) is 0 Å². The van der Waals surface area contributed by atoms with E-state index in [1.54, 1.807) is 25.5 Å². The summed E-state index contributed by atoms with van der Waals surface area (Å²) in [5, 5.41) is 7.94. The van der Waals surface area contributed by atoms with Gasteiger partial charge in [-0.25, -0.2) is 0 Å². The number of nitrogens with zero attached hydrogens (tertiary/aromatic N) is 1. The zero-order valence-corrected chi connectivity index (χ0v) is 11.2. The van der Waals surface area contributed by atoms with E-state index in [0.717, 1.165) is 12.1 Å². The van der Waals surface area contributed by atoms with Crippen LogP contribution in [0.2, 0.25) is 5.02 Å². The van der Waals surface area contributed by atoms with Gasteiger partial charge in [-0.3, -0.25) is 5.43 Å². The van der Waals surface area contributed by atoms with E-state index in [1.807, 2.05) is 13.0 Å². The maximum Gasteiger partial charge on any atom is 0.186 e. The van der Waals surface area contributed by atoms with Gasteiger partial charge in [0.2, 0.25) is 0 Å². The highest BCUT2D eigenvalue weighted by Gasteiger charge is 1.99. The zero-order valence-electron chi connectivity index (χ0n) is 9.66. The first-order valence-corrected chi connectivity index (χ1v) is 5.86. The number of hydrogen-bond acceptors (Lipinski definition) is 3. The monoisotopic (exact) mass is 271 g/mol. The second-order valence-corrected chi connectivity index (χ2v) is 3.94. The molecule has 0 aliphatic heterocycles. The van der Waals surface area contributed by atoms with Gasteiger partial charge in [0.1, 0.15) is 5.75 Å². The fraction of sp³-hybridized carbons (Fsp3) is 0.273. The summed E-state index contributed by atoms with van der Waals surface area (Å²) in [5.41, 5.74) is 3.56. The number of rotatable bonds is 4.